The Morgan fingerprint density at radius 2 is 2.07 bits per heavy atom. The van der Waals surface area contributed by atoms with Crippen LogP contribution >= 0.6 is 24.0 Å². The van der Waals surface area contributed by atoms with Crippen LogP contribution in [0.5, 0.6) is 0 Å². The predicted molar refractivity (Wildman–Crippen MR) is 121 cm³/mol. The summed E-state index contributed by atoms with van der Waals surface area (Å²) in [6.07, 6.45) is 4.62. The number of nitrogens with zero attached hydrogens (tertiary/aromatic N) is 4. The summed E-state index contributed by atoms with van der Waals surface area (Å²) in [4.78, 5) is 4.71. The molecule has 2 aromatic heterocycles. The van der Waals surface area contributed by atoms with Crippen molar-refractivity contribution in [1.82, 2.24) is 25.2 Å². The number of aliphatic hydroxyl groups excluding tert-OH is 1. The molecule has 0 aliphatic rings. The molecule has 8 heteroatoms. The molecule has 0 amide bonds. The van der Waals surface area contributed by atoms with Crippen LogP contribution in [0.4, 0.5) is 0 Å². The summed E-state index contributed by atoms with van der Waals surface area (Å²) in [5, 5.41) is 24.3. The standard InChI is InChI=1S/C19H32N6O.HI/c1-4-20-19(22-14-16(9-12-26)13-15(2)3)21-10-8-18-24-23-17-7-5-6-11-25(17)18;/h5-7,11,15-16,26H,4,8-10,12-14H2,1-3H3,(H2,20,21,22);1H. The molecule has 2 aromatic rings. The second-order valence-corrected chi connectivity index (χ2v) is 6.95. The average Bonchev–Trinajstić information content (AvgIpc) is 3.02. The van der Waals surface area contributed by atoms with Crippen LogP contribution in [0, 0.1) is 11.8 Å². The molecule has 27 heavy (non-hydrogen) atoms. The van der Waals surface area contributed by atoms with E-state index in [2.05, 4.69) is 41.6 Å². The monoisotopic (exact) mass is 488 g/mol. The lowest BCUT2D eigenvalue weighted by atomic mass is 9.94. The van der Waals surface area contributed by atoms with Gasteiger partial charge in [-0.25, -0.2) is 0 Å². The lowest BCUT2D eigenvalue weighted by Gasteiger charge is -2.17. The van der Waals surface area contributed by atoms with Crippen LogP contribution in [0.25, 0.3) is 5.65 Å². The highest BCUT2D eigenvalue weighted by Gasteiger charge is 2.11. The zero-order valence-corrected chi connectivity index (χ0v) is 18.9. The van der Waals surface area contributed by atoms with Crippen molar-refractivity contribution in [2.24, 2.45) is 16.8 Å². The molecule has 2 heterocycles. The highest BCUT2D eigenvalue weighted by molar-refractivity contribution is 14.0. The van der Waals surface area contributed by atoms with Crippen molar-refractivity contribution in [2.45, 2.75) is 40.0 Å². The van der Waals surface area contributed by atoms with E-state index in [-0.39, 0.29) is 30.6 Å². The number of aromatic nitrogens is 3. The van der Waals surface area contributed by atoms with Crippen LogP contribution in [0.1, 0.15) is 39.4 Å². The van der Waals surface area contributed by atoms with E-state index in [9.17, 15) is 5.11 Å². The maximum atomic E-state index is 9.26. The average molecular weight is 488 g/mol. The minimum atomic E-state index is 0. The highest BCUT2D eigenvalue weighted by Crippen LogP contribution is 2.15. The summed E-state index contributed by atoms with van der Waals surface area (Å²) in [6.45, 7) is 8.97. The largest absolute Gasteiger partial charge is 0.396 e. The molecule has 0 fully saturated rings. The third-order valence-corrected chi connectivity index (χ3v) is 4.22. The van der Waals surface area contributed by atoms with E-state index in [1.807, 2.05) is 28.8 Å². The summed E-state index contributed by atoms with van der Waals surface area (Å²) < 4.78 is 2.01. The number of fused-ring (bicyclic) bond motifs is 1. The third kappa shape index (κ3) is 8.00. The number of hydrogen-bond donors (Lipinski definition) is 3. The first-order chi connectivity index (χ1) is 12.6. The van der Waals surface area contributed by atoms with E-state index in [0.717, 1.165) is 56.3 Å². The topological polar surface area (TPSA) is 86.8 Å². The highest BCUT2D eigenvalue weighted by atomic mass is 127. The van der Waals surface area contributed by atoms with E-state index < -0.39 is 0 Å². The molecule has 0 bridgehead atoms. The van der Waals surface area contributed by atoms with Crippen molar-refractivity contribution < 1.29 is 5.11 Å². The summed E-state index contributed by atoms with van der Waals surface area (Å²) in [5.74, 6) is 2.77. The SMILES string of the molecule is CCNC(=NCC(CCO)CC(C)C)NCCc1nnc2ccccn12.I. The van der Waals surface area contributed by atoms with Gasteiger partial charge in [-0.3, -0.25) is 9.39 Å². The minimum Gasteiger partial charge on any atom is -0.396 e. The molecular weight excluding hydrogens is 455 g/mol. The first kappa shape index (κ1) is 23.6. The molecule has 3 N–H and O–H groups in total. The van der Waals surface area contributed by atoms with Gasteiger partial charge in [0.2, 0.25) is 0 Å². The summed E-state index contributed by atoms with van der Waals surface area (Å²) in [6, 6.07) is 5.89. The fourth-order valence-electron chi connectivity index (χ4n) is 3.05. The summed E-state index contributed by atoms with van der Waals surface area (Å²) in [7, 11) is 0. The zero-order chi connectivity index (χ0) is 18.8. The Morgan fingerprint density at radius 1 is 1.26 bits per heavy atom. The molecule has 1 unspecified atom stereocenters. The molecule has 0 saturated carbocycles. The molecule has 0 radical (unpaired) electrons. The first-order valence-corrected chi connectivity index (χ1v) is 9.55. The van der Waals surface area contributed by atoms with Crippen molar-refractivity contribution in [3.8, 4) is 0 Å². The van der Waals surface area contributed by atoms with Gasteiger partial charge in [-0.15, -0.1) is 34.2 Å². The van der Waals surface area contributed by atoms with Crippen LogP contribution in [0.3, 0.4) is 0 Å². The molecular formula is C19H33IN6O. The van der Waals surface area contributed by atoms with Crippen molar-refractivity contribution in [2.75, 3.05) is 26.2 Å². The van der Waals surface area contributed by atoms with Gasteiger partial charge in [-0.2, -0.15) is 0 Å². The van der Waals surface area contributed by atoms with Crippen molar-refractivity contribution >= 4 is 35.6 Å². The molecule has 1 atom stereocenters. The van der Waals surface area contributed by atoms with Crippen LogP contribution in [-0.2, 0) is 6.42 Å². The maximum Gasteiger partial charge on any atom is 0.191 e. The molecule has 7 nitrogen and oxygen atoms in total. The van der Waals surface area contributed by atoms with Gasteiger partial charge >= 0.3 is 0 Å². The Morgan fingerprint density at radius 3 is 2.78 bits per heavy atom. The Hall–Kier alpha value is -1.42. The minimum absolute atomic E-state index is 0. The number of rotatable bonds is 10. The molecule has 0 aliphatic heterocycles. The zero-order valence-electron chi connectivity index (χ0n) is 16.6. The second kappa shape index (κ2) is 12.9. The van der Waals surface area contributed by atoms with Gasteiger partial charge in [0.1, 0.15) is 5.82 Å². The van der Waals surface area contributed by atoms with Crippen molar-refractivity contribution in [1.29, 1.82) is 0 Å². The van der Waals surface area contributed by atoms with Gasteiger partial charge in [0.25, 0.3) is 0 Å². The quantitative estimate of drug-likeness (QED) is 0.272. The molecule has 152 valence electrons. The number of aliphatic hydroxyl groups is 1. The Balaban J connectivity index is 0.00000364. The normalized spacial score (nSPS) is 12.9. The predicted octanol–water partition coefficient (Wildman–Crippen LogP) is 2.49. The molecule has 0 aliphatic carbocycles. The van der Waals surface area contributed by atoms with Crippen LogP contribution < -0.4 is 10.6 Å². The smallest absolute Gasteiger partial charge is 0.191 e. The summed E-state index contributed by atoms with van der Waals surface area (Å²) >= 11 is 0. The first-order valence-electron chi connectivity index (χ1n) is 9.55. The van der Waals surface area contributed by atoms with Crippen molar-refractivity contribution in [3.63, 3.8) is 0 Å². The van der Waals surface area contributed by atoms with E-state index in [0.29, 0.717) is 11.8 Å². The van der Waals surface area contributed by atoms with Crippen molar-refractivity contribution in [3.05, 3.63) is 30.2 Å². The van der Waals surface area contributed by atoms with Crippen LogP contribution in [0.15, 0.2) is 29.4 Å². The van der Waals surface area contributed by atoms with Gasteiger partial charge < -0.3 is 15.7 Å². The number of hydrogen-bond acceptors (Lipinski definition) is 4. The number of guanidine groups is 1. The Kier molecular flexibility index (Phi) is 11.3. The van der Waals surface area contributed by atoms with Crippen LogP contribution in [-0.4, -0.2) is 51.9 Å². The lowest BCUT2D eigenvalue weighted by molar-refractivity contribution is 0.245. The Bertz CT molecular complexity index is 688. The van der Waals surface area contributed by atoms with E-state index in [1.54, 1.807) is 0 Å². The fourth-order valence-corrected chi connectivity index (χ4v) is 3.05. The van der Waals surface area contributed by atoms with E-state index in [1.165, 1.54) is 0 Å². The van der Waals surface area contributed by atoms with E-state index >= 15 is 0 Å². The van der Waals surface area contributed by atoms with Crippen LogP contribution in [0.2, 0.25) is 0 Å². The number of aliphatic imine (C=N–C) groups is 1. The molecule has 2 rings (SSSR count). The van der Waals surface area contributed by atoms with Gasteiger partial charge in [-0.1, -0.05) is 19.9 Å². The van der Waals surface area contributed by atoms with Gasteiger partial charge in [-0.05, 0) is 43.7 Å². The maximum absolute atomic E-state index is 9.26. The molecule has 0 spiro atoms. The number of nitrogens with one attached hydrogen (secondary N) is 2. The number of pyridine rings is 1. The Labute approximate surface area is 179 Å². The number of halogens is 1. The summed E-state index contributed by atoms with van der Waals surface area (Å²) in [5.41, 5.74) is 0.864. The lowest BCUT2D eigenvalue weighted by Crippen LogP contribution is -2.39. The second-order valence-electron chi connectivity index (χ2n) is 6.95. The third-order valence-electron chi connectivity index (χ3n) is 4.22. The van der Waals surface area contributed by atoms with Gasteiger partial charge in [0.15, 0.2) is 11.6 Å². The molecule has 0 saturated heterocycles. The molecule has 0 aromatic carbocycles. The fraction of sp³-hybridized carbons (Fsp3) is 0.632. The van der Waals surface area contributed by atoms with E-state index in [4.69, 9.17) is 4.99 Å². The van der Waals surface area contributed by atoms with Gasteiger partial charge in [0, 0.05) is 38.9 Å². The van der Waals surface area contributed by atoms with Gasteiger partial charge in [0.05, 0.1) is 0 Å².